The smallest absolute Gasteiger partial charge is 0.281 e. The highest BCUT2D eigenvalue weighted by molar-refractivity contribution is 9.10. The number of nitrogens with zero attached hydrogens (tertiary/aromatic N) is 2. The first-order chi connectivity index (χ1) is 9.33. The van der Waals surface area contributed by atoms with Crippen LogP contribution in [0.25, 0.3) is 0 Å². The van der Waals surface area contributed by atoms with E-state index in [0.717, 1.165) is 4.47 Å². The molecule has 0 aliphatic carbocycles. The highest BCUT2D eigenvalue weighted by atomic mass is 79.9. The monoisotopic (exact) mass is 359 g/mol. The number of anilines is 1. The normalized spacial score (nSPS) is 11.4. The largest absolute Gasteiger partial charge is 0.495 e. The molecule has 0 atom stereocenters. The number of imidazole rings is 1. The molecule has 0 saturated heterocycles. The van der Waals surface area contributed by atoms with E-state index in [1.165, 1.54) is 13.3 Å². The molecule has 0 bridgehead atoms. The second-order valence-corrected chi connectivity index (χ2v) is 6.73. The lowest BCUT2D eigenvalue weighted by atomic mass is 10.3. The summed E-state index contributed by atoms with van der Waals surface area (Å²) in [5.41, 5.74) is 0.352. The molecule has 6 nitrogen and oxygen atoms in total. The number of aromatic nitrogens is 2. The van der Waals surface area contributed by atoms with E-state index < -0.39 is 10.0 Å². The fourth-order valence-electron chi connectivity index (χ4n) is 1.61. The zero-order valence-corrected chi connectivity index (χ0v) is 13.6. The van der Waals surface area contributed by atoms with Gasteiger partial charge < -0.3 is 9.30 Å². The fraction of sp³-hybridized carbons (Fsp3) is 0.250. The first-order valence-electron chi connectivity index (χ1n) is 5.70. The Balaban J connectivity index is 2.40. The number of rotatable bonds is 4. The fourth-order valence-corrected chi connectivity index (χ4v) is 3.08. The van der Waals surface area contributed by atoms with Gasteiger partial charge in [0.1, 0.15) is 11.6 Å². The van der Waals surface area contributed by atoms with Crippen LogP contribution in [-0.2, 0) is 17.1 Å². The van der Waals surface area contributed by atoms with Crippen LogP contribution in [-0.4, -0.2) is 25.1 Å². The van der Waals surface area contributed by atoms with Crippen LogP contribution in [0.3, 0.4) is 0 Å². The molecule has 1 aromatic carbocycles. The minimum absolute atomic E-state index is 0.0282. The highest BCUT2D eigenvalue weighted by Gasteiger charge is 2.20. The van der Waals surface area contributed by atoms with Crippen LogP contribution in [0.4, 0.5) is 5.69 Å². The van der Waals surface area contributed by atoms with Crippen molar-refractivity contribution in [1.82, 2.24) is 9.55 Å². The van der Waals surface area contributed by atoms with Gasteiger partial charge in [0.2, 0.25) is 0 Å². The lowest BCUT2D eigenvalue weighted by Gasteiger charge is -2.10. The van der Waals surface area contributed by atoms with Crippen molar-refractivity contribution in [2.45, 2.75) is 11.9 Å². The first kappa shape index (κ1) is 14.9. The maximum Gasteiger partial charge on any atom is 0.281 e. The van der Waals surface area contributed by atoms with Crippen molar-refractivity contribution in [2.75, 3.05) is 11.8 Å². The van der Waals surface area contributed by atoms with E-state index in [9.17, 15) is 8.42 Å². The van der Waals surface area contributed by atoms with E-state index in [0.29, 0.717) is 17.3 Å². The molecular weight excluding hydrogens is 346 g/mol. The molecule has 1 N–H and O–H groups in total. The van der Waals surface area contributed by atoms with Crippen LogP contribution < -0.4 is 9.46 Å². The number of halogens is 1. The molecule has 1 heterocycles. The lowest BCUT2D eigenvalue weighted by molar-refractivity contribution is 0.417. The molecule has 0 aliphatic heterocycles. The second-order valence-electron chi connectivity index (χ2n) is 4.19. The van der Waals surface area contributed by atoms with Crippen molar-refractivity contribution in [3.05, 3.63) is 34.7 Å². The molecule has 2 aromatic rings. The Morgan fingerprint density at radius 3 is 2.65 bits per heavy atom. The van der Waals surface area contributed by atoms with Crippen LogP contribution in [0, 0.1) is 6.92 Å². The summed E-state index contributed by atoms with van der Waals surface area (Å²) in [6.07, 6.45) is 1.46. The molecule has 0 aliphatic rings. The Bertz CT molecular complexity index is 721. The van der Waals surface area contributed by atoms with Gasteiger partial charge in [0.15, 0.2) is 5.03 Å². The van der Waals surface area contributed by atoms with Crippen LogP contribution in [0.2, 0.25) is 0 Å². The molecule has 1 aromatic heterocycles. The van der Waals surface area contributed by atoms with E-state index in [2.05, 4.69) is 25.6 Å². The number of ether oxygens (including phenoxy) is 1. The van der Waals surface area contributed by atoms with E-state index in [1.807, 2.05) is 0 Å². The summed E-state index contributed by atoms with van der Waals surface area (Å²) < 4.78 is 34.6. The van der Waals surface area contributed by atoms with Gasteiger partial charge >= 0.3 is 0 Å². The predicted molar refractivity (Wildman–Crippen MR) is 79.4 cm³/mol. The van der Waals surface area contributed by atoms with Gasteiger partial charge in [-0.3, -0.25) is 4.72 Å². The first-order valence-corrected chi connectivity index (χ1v) is 7.97. The number of benzene rings is 1. The SMILES string of the molecule is COc1ccc(Br)cc1NS(=O)(=O)c1cn(C)c(C)n1. The quantitative estimate of drug-likeness (QED) is 0.908. The van der Waals surface area contributed by atoms with Crippen LogP contribution in [0.1, 0.15) is 5.82 Å². The molecule has 0 spiro atoms. The predicted octanol–water partition coefficient (Wildman–Crippen LogP) is 2.30. The zero-order chi connectivity index (χ0) is 14.9. The third-order valence-corrected chi connectivity index (χ3v) is 4.50. The number of hydrogen-bond donors (Lipinski definition) is 1. The van der Waals surface area contributed by atoms with E-state index >= 15 is 0 Å². The summed E-state index contributed by atoms with van der Waals surface area (Å²) in [7, 11) is -0.532. The minimum atomic E-state index is -3.75. The van der Waals surface area contributed by atoms with Gasteiger partial charge in [0.05, 0.1) is 12.8 Å². The Kier molecular flexibility index (Phi) is 4.05. The molecule has 108 valence electrons. The lowest BCUT2D eigenvalue weighted by Crippen LogP contribution is -2.14. The molecule has 0 fully saturated rings. The summed E-state index contributed by atoms with van der Waals surface area (Å²) in [5, 5.41) is -0.0282. The van der Waals surface area contributed by atoms with Gasteiger partial charge in [-0.05, 0) is 25.1 Å². The maximum absolute atomic E-state index is 12.3. The Hall–Kier alpha value is -1.54. The third-order valence-electron chi connectivity index (χ3n) is 2.77. The number of aryl methyl sites for hydroxylation is 2. The van der Waals surface area contributed by atoms with Crippen molar-refractivity contribution < 1.29 is 13.2 Å². The molecule has 20 heavy (non-hydrogen) atoms. The number of nitrogens with one attached hydrogen (secondary N) is 1. The molecule has 8 heteroatoms. The van der Waals surface area contributed by atoms with Gasteiger partial charge in [-0.15, -0.1) is 0 Å². The summed E-state index contributed by atoms with van der Waals surface area (Å²) >= 11 is 3.29. The molecule has 0 amide bonds. The summed E-state index contributed by atoms with van der Waals surface area (Å²) in [4.78, 5) is 4.02. The van der Waals surface area contributed by atoms with E-state index in [-0.39, 0.29) is 5.03 Å². The average molecular weight is 360 g/mol. The van der Waals surface area contributed by atoms with Crippen molar-refractivity contribution in [3.63, 3.8) is 0 Å². The van der Waals surface area contributed by atoms with Gasteiger partial charge in [0.25, 0.3) is 10.0 Å². The highest BCUT2D eigenvalue weighted by Crippen LogP contribution is 2.29. The number of sulfonamides is 1. The molecule has 0 saturated carbocycles. The van der Waals surface area contributed by atoms with Crippen molar-refractivity contribution in [3.8, 4) is 5.75 Å². The van der Waals surface area contributed by atoms with Crippen LogP contribution in [0.15, 0.2) is 33.9 Å². The Labute approximate surface area is 126 Å². The van der Waals surface area contributed by atoms with E-state index in [4.69, 9.17) is 4.74 Å². The van der Waals surface area contributed by atoms with Gasteiger partial charge in [-0.2, -0.15) is 8.42 Å². The molecule has 2 rings (SSSR count). The minimum Gasteiger partial charge on any atom is -0.495 e. The number of methoxy groups -OCH3 is 1. The molecule has 0 radical (unpaired) electrons. The van der Waals surface area contributed by atoms with Crippen molar-refractivity contribution in [1.29, 1.82) is 0 Å². The average Bonchev–Trinajstić information content (AvgIpc) is 2.70. The zero-order valence-electron chi connectivity index (χ0n) is 11.2. The Morgan fingerprint density at radius 1 is 1.40 bits per heavy atom. The van der Waals surface area contributed by atoms with Gasteiger partial charge in [-0.25, -0.2) is 4.98 Å². The molecular formula is C12H14BrN3O3S. The standard InChI is InChI=1S/C12H14BrN3O3S/c1-8-14-12(7-16(8)2)20(17,18)15-10-6-9(13)4-5-11(10)19-3/h4-7,15H,1-3H3. The maximum atomic E-state index is 12.3. The van der Waals surface area contributed by atoms with Gasteiger partial charge in [-0.1, -0.05) is 15.9 Å². The van der Waals surface area contributed by atoms with Crippen LogP contribution in [0.5, 0.6) is 5.75 Å². The summed E-state index contributed by atoms with van der Waals surface area (Å²) in [5.74, 6) is 1.05. The van der Waals surface area contributed by atoms with Crippen molar-refractivity contribution >= 4 is 31.6 Å². The van der Waals surface area contributed by atoms with Crippen molar-refractivity contribution in [2.24, 2.45) is 7.05 Å². The second kappa shape index (κ2) is 5.45. The summed E-state index contributed by atoms with van der Waals surface area (Å²) in [6, 6.07) is 5.07. The van der Waals surface area contributed by atoms with Gasteiger partial charge in [0, 0.05) is 17.7 Å². The van der Waals surface area contributed by atoms with E-state index in [1.54, 1.807) is 36.7 Å². The number of hydrogen-bond acceptors (Lipinski definition) is 4. The molecule has 0 unspecified atom stereocenters. The van der Waals surface area contributed by atoms with Crippen LogP contribution >= 0.6 is 15.9 Å². The third kappa shape index (κ3) is 2.96. The summed E-state index contributed by atoms with van der Waals surface area (Å²) in [6.45, 7) is 1.73. The Morgan fingerprint density at radius 2 is 2.10 bits per heavy atom. The topological polar surface area (TPSA) is 73.2 Å².